The Morgan fingerprint density at radius 2 is 1.81 bits per heavy atom. The molecule has 32 heavy (non-hydrogen) atoms. The predicted octanol–water partition coefficient (Wildman–Crippen LogP) is 3.52. The van der Waals surface area contributed by atoms with E-state index in [2.05, 4.69) is 10.6 Å². The summed E-state index contributed by atoms with van der Waals surface area (Å²) in [5.74, 6) is -0.748. The third kappa shape index (κ3) is 6.37. The minimum absolute atomic E-state index is 0.175. The van der Waals surface area contributed by atoms with Gasteiger partial charge in [-0.25, -0.2) is 4.39 Å². The van der Waals surface area contributed by atoms with E-state index in [1.165, 1.54) is 6.07 Å². The van der Waals surface area contributed by atoms with Gasteiger partial charge in [0.15, 0.2) is 6.29 Å². The Hall–Kier alpha value is -2.77. The van der Waals surface area contributed by atoms with Gasteiger partial charge in [-0.05, 0) is 25.0 Å². The summed E-state index contributed by atoms with van der Waals surface area (Å²) in [5.41, 5.74) is 0.869. The fourth-order valence-electron chi connectivity index (χ4n) is 3.61. The lowest BCUT2D eigenvalue weighted by molar-refractivity contribution is -0.258. The van der Waals surface area contributed by atoms with E-state index in [4.69, 9.17) is 9.47 Å². The molecule has 2 amide bonds. The summed E-state index contributed by atoms with van der Waals surface area (Å²) in [6.45, 7) is 6.30. The molecule has 172 valence electrons. The van der Waals surface area contributed by atoms with Crippen LogP contribution in [0, 0.1) is 11.2 Å². The first-order chi connectivity index (χ1) is 15.3. The highest BCUT2D eigenvalue weighted by atomic mass is 19.1. The van der Waals surface area contributed by atoms with Gasteiger partial charge in [0.1, 0.15) is 11.9 Å². The number of carbonyl (C=O) groups is 2. The molecule has 2 N–H and O–H groups in total. The standard InChI is InChI=1S/C25H31FN2O4/c1-17(28-21(29)14-13-18-9-7-8-12-20(18)26)15-27-23(30)22-25(2,3)16-31-24(32-22)19-10-5-4-6-11-19/h4-12,17,22,24H,13-16H2,1-3H3,(H,27,30)(H,28,29)/t17-,22-,24?/m0/s1. The van der Waals surface area contributed by atoms with Gasteiger partial charge in [0.25, 0.3) is 0 Å². The van der Waals surface area contributed by atoms with Crippen molar-refractivity contribution >= 4 is 11.8 Å². The molecule has 0 aliphatic carbocycles. The van der Waals surface area contributed by atoms with Gasteiger partial charge in [-0.1, -0.05) is 62.4 Å². The van der Waals surface area contributed by atoms with Crippen molar-refractivity contribution < 1.29 is 23.5 Å². The van der Waals surface area contributed by atoms with Crippen LogP contribution in [-0.4, -0.2) is 37.1 Å². The number of hydrogen-bond acceptors (Lipinski definition) is 4. The zero-order chi connectivity index (χ0) is 23.1. The molecule has 3 rings (SSSR count). The molecular weight excluding hydrogens is 411 g/mol. The molecule has 0 bridgehead atoms. The minimum Gasteiger partial charge on any atom is -0.352 e. The van der Waals surface area contributed by atoms with E-state index in [-0.39, 0.29) is 36.6 Å². The molecule has 1 aliphatic heterocycles. The lowest BCUT2D eigenvalue weighted by atomic mass is 9.85. The van der Waals surface area contributed by atoms with E-state index in [0.717, 1.165) is 5.56 Å². The van der Waals surface area contributed by atoms with E-state index in [1.54, 1.807) is 18.2 Å². The van der Waals surface area contributed by atoms with Gasteiger partial charge in [0.2, 0.25) is 11.8 Å². The molecule has 0 radical (unpaired) electrons. The number of aryl methyl sites for hydroxylation is 1. The average Bonchev–Trinajstić information content (AvgIpc) is 2.77. The van der Waals surface area contributed by atoms with Crippen LogP contribution in [0.2, 0.25) is 0 Å². The van der Waals surface area contributed by atoms with Crippen molar-refractivity contribution in [3.63, 3.8) is 0 Å². The predicted molar refractivity (Wildman–Crippen MR) is 119 cm³/mol. The molecule has 0 saturated carbocycles. The Morgan fingerprint density at radius 1 is 1.12 bits per heavy atom. The second-order valence-corrected chi connectivity index (χ2v) is 8.86. The van der Waals surface area contributed by atoms with Crippen LogP contribution in [0.3, 0.4) is 0 Å². The molecule has 0 spiro atoms. The summed E-state index contributed by atoms with van der Waals surface area (Å²) in [4.78, 5) is 25.1. The van der Waals surface area contributed by atoms with Crippen molar-refractivity contribution in [3.05, 3.63) is 71.5 Å². The normalized spacial score (nSPS) is 20.9. The first-order valence-corrected chi connectivity index (χ1v) is 10.9. The number of hydrogen-bond donors (Lipinski definition) is 2. The Morgan fingerprint density at radius 3 is 2.53 bits per heavy atom. The number of benzene rings is 2. The molecule has 0 aromatic heterocycles. The van der Waals surface area contributed by atoms with E-state index in [0.29, 0.717) is 18.6 Å². The van der Waals surface area contributed by atoms with Crippen molar-refractivity contribution in [3.8, 4) is 0 Å². The Kier molecular flexibility index (Phi) is 7.99. The highest BCUT2D eigenvalue weighted by molar-refractivity contribution is 5.82. The summed E-state index contributed by atoms with van der Waals surface area (Å²) >= 11 is 0. The lowest BCUT2D eigenvalue weighted by Crippen LogP contribution is -2.53. The van der Waals surface area contributed by atoms with E-state index in [9.17, 15) is 14.0 Å². The second-order valence-electron chi connectivity index (χ2n) is 8.86. The van der Waals surface area contributed by atoms with Crippen LogP contribution in [0.15, 0.2) is 54.6 Å². The average molecular weight is 443 g/mol. The van der Waals surface area contributed by atoms with Gasteiger partial charge < -0.3 is 20.1 Å². The molecule has 1 unspecified atom stereocenters. The van der Waals surface area contributed by atoms with Gasteiger partial charge in [-0.15, -0.1) is 0 Å². The second kappa shape index (κ2) is 10.7. The highest BCUT2D eigenvalue weighted by Gasteiger charge is 2.43. The topological polar surface area (TPSA) is 76.7 Å². The largest absolute Gasteiger partial charge is 0.352 e. The molecular formula is C25H31FN2O4. The van der Waals surface area contributed by atoms with E-state index in [1.807, 2.05) is 51.1 Å². The number of rotatable bonds is 8. The highest BCUT2D eigenvalue weighted by Crippen LogP contribution is 2.36. The summed E-state index contributed by atoms with van der Waals surface area (Å²) in [7, 11) is 0. The van der Waals surface area contributed by atoms with Crippen molar-refractivity contribution in [1.29, 1.82) is 0 Å². The summed E-state index contributed by atoms with van der Waals surface area (Å²) in [5, 5.41) is 5.72. The van der Waals surface area contributed by atoms with Crippen LogP contribution >= 0.6 is 0 Å². The van der Waals surface area contributed by atoms with Crippen LogP contribution < -0.4 is 10.6 Å². The van der Waals surface area contributed by atoms with Gasteiger partial charge in [0.05, 0.1) is 6.61 Å². The summed E-state index contributed by atoms with van der Waals surface area (Å²) in [6, 6.07) is 15.6. The Bertz CT molecular complexity index is 919. The van der Waals surface area contributed by atoms with Crippen molar-refractivity contribution in [2.24, 2.45) is 5.41 Å². The van der Waals surface area contributed by atoms with Crippen molar-refractivity contribution in [2.45, 2.75) is 52.0 Å². The molecule has 3 atom stereocenters. The zero-order valence-corrected chi connectivity index (χ0v) is 18.8. The van der Waals surface area contributed by atoms with Crippen LogP contribution in [0.4, 0.5) is 4.39 Å². The van der Waals surface area contributed by atoms with Gasteiger partial charge in [0, 0.05) is 30.0 Å². The third-order valence-electron chi connectivity index (χ3n) is 5.46. The van der Waals surface area contributed by atoms with Crippen LogP contribution in [-0.2, 0) is 25.5 Å². The maximum atomic E-state index is 13.7. The number of halogens is 1. The fraction of sp³-hybridized carbons (Fsp3) is 0.440. The van der Waals surface area contributed by atoms with E-state index < -0.39 is 17.8 Å². The quantitative estimate of drug-likeness (QED) is 0.656. The monoisotopic (exact) mass is 442 g/mol. The molecule has 6 nitrogen and oxygen atoms in total. The van der Waals surface area contributed by atoms with Crippen LogP contribution in [0.25, 0.3) is 0 Å². The molecule has 2 aromatic carbocycles. The minimum atomic E-state index is -0.689. The first-order valence-electron chi connectivity index (χ1n) is 10.9. The number of nitrogens with one attached hydrogen (secondary N) is 2. The molecule has 7 heteroatoms. The zero-order valence-electron chi connectivity index (χ0n) is 18.8. The summed E-state index contributed by atoms with van der Waals surface area (Å²) < 4.78 is 25.5. The number of amides is 2. The number of carbonyl (C=O) groups excluding carboxylic acids is 2. The smallest absolute Gasteiger partial charge is 0.249 e. The molecule has 2 aromatic rings. The van der Waals surface area contributed by atoms with E-state index >= 15 is 0 Å². The molecule has 1 heterocycles. The van der Waals surface area contributed by atoms with Gasteiger partial charge in [-0.2, -0.15) is 0 Å². The maximum absolute atomic E-state index is 13.7. The van der Waals surface area contributed by atoms with Crippen molar-refractivity contribution in [1.82, 2.24) is 10.6 Å². The third-order valence-corrected chi connectivity index (χ3v) is 5.46. The van der Waals surface area contributed by atoms with Crippen molar-refractivity contribution in [2.75, 3.05) is 13.2 Å². The molecule has 1 aliphatic rings. The SMILES string of the molecule is C[C@@H](CNC(=O)[C@@H]1OC(c2ccccc2)OCC1(C)C)NC(=O)CCc1ccccc1F. The van der Waals surface area contributed by atoms with Crippen LogP contribution in [0.1, 0.15) is 44.6 Å². The Balaban J connectivity index is 1.47. The first kappa shape index (κ1) is 23.9. The molecule has 1 saturated heterocycles. The fourth-order valence-corrected chi connectivity index (χ4v) is 3.61. The maximum Gasteiger partial charge on any atom is 0.249 e. The Labute approximate surface area is 188 Å². The number of ether oxygens (including phenoxy) is 2. The van der Waals surface area contributed by atoms with Gasteiger partial charge in [-0.3, -0.25) is 9.59 Å². The van der Waals surface area contributed by atoms with Gasteiger partial charge >= 0.3 is 0 Å². The molecule has 1 fully saturated rings. The lowest BCUT2D eigenvalue weighted by Gasteiger charge is -2.41. The summed E-state index contributed by atoms with van der Waals surface area (Å²) in [6.07, 6.45) is -0.794. The van der Waals surface area contributed by atoms with Crippen LogP contribution in [0.5, 0.6) is 0 Å².